The molecule has 0 aliphatic carbocycles. The van der Waals surface area contributed by atoms with E-state index >= 15 is 0 Å². The molecule has 0 radical (unpaired) electrons. The number of halogens is 4. The minimum atomic E-state index is -0.925. The molecule has 0 bridgehead atoms. The van der Waals surface area contributed by atoms with E-state index in [1.165, 1.54) is 6.07 Å². The molecule has 2 aromatic rings. The van der Waals surface area contributed by atoms with Crippen LogP contribution in [0.1, 0.15) is 19.5 Å². The zero-order valence-corrected chi connectivity index (χ0v) is 13.8. The fourth-order valence-corrected chi connectivity index (χ4v) is 2.40. The highest BCUT2D eigenvalue weighted by Gasteiger charge is 2.14. The average molecular weight is 409 g/mol. The van der Waals surface area contributed by atoms with Gasteiger partial charge < -0.3 is 0 Å². The minimum Gasteiger partial charge on any atom is -0.232 e. The number of hydrogen-bond donors (Lipinski definition) is 0. The van der Waals surface area contributed by atoms with Crippen LogP contribution in [0.25, 0.3) is 11.4 Å². The third-order valence-corrected chi connectivity index (χ3v) is 4.38. The maximum atomic E-state index is 13.3. The van der Waals surface area contributed by atoms with Gasteiger partial charge in [0.05, 0.1) is 9.26 Å². The molecule has 0 aliphatic rings. The summed E-state index contributed by atoms with van der Waals surface area (Å²) in [6.45, 7) is 4.15. The molecule has 6 heteroatoms. The normalized spacial score (nSPS) is 11.2. The molecule has 0 amide bonds. The monoisotopic (exact) mass is 408 g/mol. The zero-order valence-electron chi connectivity index (χ0n) is 10.9. The lowest BCUT2D eigenvalue weighted by Gasteiger charge is -2.10. The molecule has 1 heterocycles. The molecule has 0 saturated heterocycles. The highest BCUT2D eigenvalue weighted by molar-refractivity contribution is 14.1. The van der Waals surface area contributed by atoms with Crippen LogP contribution >= 0.6 is 34.2 Å². The van der Waals surface area contributed by atoms with Crippen molar-refractivity contribution in [2.24, 2.45) is 5.92 Å². The molecular weight excluding hydrogens is 397 g/mol. The minimum absolute atomic E-state index is 0.310. The van der Waals surface area contributed by atoms with E-state index in [9.17, 15) is 8.78 Å². The topological polar surface area (TPSA) is 25.8 Å². The quantitative estimate of drug-likeness (QED) is 0.534. The first-order valence-electron chi connectivity index (χ1n) is 6.05. The van der Waals surface area contributed by atoms with Crippen LogP contribution in [0, 0.1) is 21.1 Å². The summed E-state index contributed by atoms with van der Waals surface area (Å²) in [5, 5.41) is 0.330. The molecule has 0 N–H and O–H groups in total. The Balaban J connectivity index is 2.51. The van der Waals surface area contributed by atoms with Crippen molar-refractivity contribution < 1.29 is 8.78 Å². The van der Waals surface area contributed by atoms with E-state index in [1.807, 2.05) is 0 Å². The molecular formula is C14H12ClF2IN2. The van der Waals surface area contributed by atoms with Gasteiger partial charge in [0.25, 0.3) is 0 Å². The SMILES string of the molecule is CC(C)Cc1nc(-c2ccc(F)c(F)c2)nc(Cl)c1I. The molecule has 0 atom stereocenters. The Bertz CT molecular complexity index is 647. The first-order valence-corrected chi connectivity index (χ1v) is 7.51. The van der Waals surface area contributed by atoms with Gasteiger partial charge in [0.15, 0.2) is 17.5 Å². The van der Waals surface area contributed by atoms with Crippen LogP contribution in [0.15, 0.2) is 18.2 Å². The fraction of sp³-hybridized carbons (Fsp3) is 0.286. The molecule has 2 rings (SSSR count). The van der Waals surface area contributed by atoms with Gasteiger partial charge in [-0.15, -0.1) is 0 Å². The van der Waals surface area contributed by atoms with Crippen LogP contribution in [0.2, 0.25) is 5.15 Å². The van der Waals surface area contributed by atoms with Crippen LogP contribution in [0.5, 0.6) is 0 Å². The van der Waals surface area contributed by atoms with Gasteiger partial charge >= 0.3 is 0 Å². The summed E-state index contributed by atoms with van der Waals surface area (Å²) in [4.78, 5) is 8.56. The van der Waals surface area contributed by atoms with Gasteiger partial charge in [-0.1, -0.05) is 25.4 Å². The van der Waals surface area contributed by atoms with Crippen molar-refractivity contribution in [3.05, 3.63) is 44.3 Å². The lowest BCUT2D eigenvalue weighted by molar-refractivity contribution is 0.509. The van der Waals surface area contributed by atoms with Gasteiger partial charge in [0.2, 0.25) is 0 Å². The molecule has 0 saturated carbocycles. The third kappa shape index (κ3) is 3.44. The van der Waals surface area contributed by atoms with Crippen molar-refractivity contribution >= 4 is 34.2 Å². The van der Waals surface area contributed by atoms with Crippen LogP contribution in [0.3, 0.4) is 0 Å². The van der Waals surface area contributed by atoms with Gasteiger partial charge in [-0.2, -0.15) is 0 Å². The van der Waals surface area contributed by atoms with Gasteiger partial charge in [-0.25, -0.2) is 18.7 Å². The molecule has 106 valence electrons. The largest absolute Gasteiger partial charge is 0.232 e. The summed E-state index contributed by atoms with van der Waals surface area (Å²) < 4.78 is 27.1. The highest BCUT2D eigenvalue weighted by atomic mass is 127. The van der Waals surface area contributed by atoms with E-state index in [0.29, 0.717) is 22.5 Å². The summed E-state index contributed by atoms with van der Waals surface area (Å²) >= 11 is 8.19. The van der Waals surface area contributed by atoms with Gasteiger partial charge in [-0.05, 0) is 53.1 Å². The Labute approximate surface area is 134 Å². The van der Waals surface area contributed by atoms with Crippen LogP contribution in [-0.4, -0.2) is 9.97 Å². The molecule has 0 fully saturated rings. The van der Waals surface area contributed by atoms with Crippen LogP contribution < -0.4 is 0 Å². The summed E-state index contributed by atoms with van der Waals surface area (Å²) in [5.41, 5.74) is 1.23. The second kappa shape index (κ2) is 6.30. The summed E-state index contributed by atoms with van der Waals surface area (Å²) in [5.74, 6) is -1.10. The number of benzene rings is 1. The first kappa shape index (κ1) is 15.6. The number of nitrogens with zero attached hydrogens (tertiary/aromatic N) is 2. The number of hydrogen-bond acceptors (Lipinski definition) is 2. The Morgan fingerprint density at radius 3 is 2.50 bits per heavy atom. The Morgan fingerprint density at radius 2 is 1.90 bits per heavy atom. The maximum absolute atomic E-state index is 13.3. The van der Waals surface area contributed by atoms with Gasteiger partial charge in [0.1, 0.15) is 5.15 Å². The Kier molecular flexibility index (Phi) is 4.90. The van der Waals surface area contributed by atoms with E-state index in [-0.39, 0.29) is 0 Å². The van der Waals surface area contributed by atoms with Gasteiger partial charge in [-0.3, -0.25) is 0 Å². The van der Waals surface area contributed by atoms with Crippen molar-refractivity contribution in [1.29, 1.82) is 0 Å². The molecule has 0 aliphatic heterocycles. The smallest absolute Gasteiger partial charge is 0.161 e. The van der Waals surface area contributed by atoms with E-state index in [0.717, 1.165) is 27.8 Å². The summed E-state index contributed by atoms with van der Waals surface area (Å²) in [7, 11) is 0. The number of rotatable bonds is 3. The molecule has 0 spiro atoms. The lowest BCUT2D eigenvalue weighted by Crippen LogP contribution is -2.04. The molecule has 0 unspecified atom stereocenters. The molecule has 20 heavy (non-hydrogen) atoms. The predicted octanol–water partition coefficient (Wildman–Crippen LogP) is 4.88. The van der Waals surface area contributed by atoms with Crippen LogP contribution in [-0.2, 0) is 6.42 Å². The summed E-state index contributed by atoms with van der Waals surface area (Å²) in [6.07, 6.45) is 0.747. The molecule has 2 nitrogen and oxygen atoms in total. The van der Waals surface area contributed by atoms with Crippen LogP contribution in [0.4, 0.5) is 8.78 Å². The highest BCUT2D eigenvalue weighted by Crippen LogP contribution is 2.26. The standard InChI is InChI=1S/C14H12ClF2IN2/c1-7(2)5-11-12(18)13(15)20-14(19-11)8-3-4-9(16)10(17)6-8/h3-4,6-7H,5H2,1-2H3. The van der Waals surface area contributed by atoms with E-state index in [4.69, 9.17) is 11.6 Å². The predicted molar refractivity (Wildman–Crippen MR) is 83.7 cm³/mol. The average Bonchev–Trinajstić information content (AvgIpc) is 2.37. The van der Waals surface area contributed by atoms with Crippen molar-refractivity contribution in [2.45, 2.75) is 20.3 Å². The van der Waals surface area contributed by atoms with Crippen molar-refractivity contribution in [3.8, 4) is 11.4 Å². The Morgan fingerprint density at radius 1 is 1.20 bits per heavy atom. The molecule has 1 aromatic carbocycles. The second-order valence-corrected chi connectivity index (χ2v) is 6.26. The van der Waals surface area contributed by atoms with Crippen molar-refractivity contribution in [1.82, 2.24) is 9.97 Å². The number of aromatic nitrogens is 2. The maximum Gasteiger partial charge on any atom is 0.161 e. The second-order valence-electron chi connectivity index (χ2n) is 4.83. The third-order valence-electron chi connectivity index (χ3n) is 2.66. The van der Waals surface area contributed by atoms with Crippen molar-refractivity contribution in [2.75, 3.05) is 0 Å². The van der Waals surface area contributed by atoms with E-state index < -0.39 is 11.6 Å². The molecule has 1 aromatic heterocycles. The van der Waals surface area contributed by atoms with E-state index in [1.54, 1.807) is 0 Å². The van der Waals surface area contributed by atoms with Gasteiger partial charge in [0, 0.05) is 5.56 Å². The zero-order chi connectivity index (χ0) is 14.9. The van der Waals surface area contributed by atoms with E-state index in [2.05, 4.69) is 46.4 Å². The van der Waals surface area contributed by atoms with Crippen molar-refractivity contribution in [3.63, 3.8) is 0 Å². The Hall–Kier alpha value is -0.820. The summed E-state index contributed by atoms with van der Waals surface area (Å²) in [6, 6.07) is 3.57. The first-order chi connectivity index (χ1) is 9.38. The fourth-order valence-electron chi connectivity index (χ4n) is 1.75. The lowest BCUT2D eigenvalue weighted by atomic mass is 10.1.